The van der Waals surface area contributed by atoms with E-state index in [4.69, 9.17) is 4.74 Å². The molecule has 0 unspecified atom stereocenters. The molecule has 0 N–H and O–H groups in total. The summed E-state index contributed by atoms with van der Waals surface area (Å²) in [7, 11) is 3.37. The van der Waals surface area contributed by atoms with Gasteiger partial charge in [0.1, 0.15) is 5.75 Å². The van der Waals surface area contributed by atoms with Gasteiger partial charge in [-0.15, -0.1) is 0 Å². The van der Waals surface area contributed by atoms with Crippen LogP contribution >= 0.6 is 0 Å². The molecule has 0 aliphatic carbocycles. The van der Waals surface area contributed by atoms with Crippen LogP contribution in [0.4, 0.5) is 0 Å². The number of carbonyl (C=O) groups excluding carboxylic acids is 1. The van der Waals surface area contributed by atoms with Gasteiger partial charge in [0.15, 0.2) is 0 Å². The van der Waals surface area contributed by atoms with E-state index in [1.165, 1.54) is 0 Å². The van der Waals surface area contributed by atoms with E-state index in [0.717, 1.165) is 0 Å². The number of ether oxygens (including phenoxy) is 1. The van der Waals surface area contributed by atoms with E-state index >= 15 is 0 Å². The molecule has 0 bridgehead atoms. The second-order valence-electron chi connectivity index (χ2n) is 4.74. The van der Waals surface area contributed by atoms with E-state index in [1.54, 1.807) is 31.2 Å². The van der Waals surface area contributed by atoms with Gasteiger partial charge in [-0.25, -0.2) is 0 Å². The van der Waals surface area contributed by atoms with Crippen LogP contribution in [0.2, 0.25) is 0 Å². The first-order chi connectivity index (χ1) is 7.38. The van der Waals surface area contributed by atoms with Gasteiger partial charge in [-0.2, -0.15) is 0 Å². The SMILES string of the molecule is COc1ccccc1C(=O)N(C)C(C)(C)C. The van der Waals surface area contributed by atoms with E-state index in [2.05, 4.69) is 0 Å². The molecule has 0 spiro atoms. The highest BCUT2D eigenvalue weighted by molar-refractivity contribution is 5.97. The van der Waals surface area contributed by atoms with Crippen molar-refractivity contribution in [3.8, 4) is 5.75 Å². The predicted molar refractivity (Wildman–Crippen MR) is 64.8 cm³/mol. The summed E-state index contributed by atoms with van der Waals surface area (Å²) in [5.41, 5.74) is 0.403. The van der Waals surface area contributed by atoms with Crippen molar-refractivity contribution in [2.24, 2.45) is 0 Å². The topological polar surface area (TPSA) is 29.5 Å². The maximum Gasteiger partial charge on any atom is 0.257 e. The largest absolute Gasteiger partial charge is 0.496 e. The average molecular weight is 221 g/mol. The van der Waals surface area contributed by atoms with E-state index in [-0.39, 0.29) is 11.4 Å². The molecule has 0 atom stereocenters. The van der Waals surface area contributed by atoms with Crippen molar-refractivity contribution in [1.29, 1.82) is 0 Å². The van der Waals surface area contributed by atoms with Crippen molar-refractivity contribution in [1.82, 2.24) is 4.90 Å². The highest BCUT2D eigenvalue weighted by atomic mass is 16.5. The summed E-state index contributed by atoms with van der Waals surface area (Å²) in [6.45, 7) is 6.00. The molecule has 88 valence electrons. The first-order valence-corrected chi connectivity index (χ1v) is 5.29. The molecule has 1 aromatic rings. The molecule has 0 aliphatic rings. The number of carbonyl (C=O) groups is 1. The van der Waals surface area contributed by atoms with Crippen molar-refractivity contribution >= 4 is 5.91 Å². The Morgan fingerprint density at radius 1 is 1.25 bits per heavy atom. The van der Waals surface area contributed by atoms with Crippen LogP contribution < -0.4 is 4.74 Å². The summed E-state index contributed by atoms with van der Waals surface area (Å²) in [6.07, 6.45) is 0. The minimum absolute atomic E-state index is 0.0232. The molecule has 0 radical (unpaired) electrons. The van der Waals surface area contributed by atoms with Gasteiger partial charge in [0, 0.05) is 12.6 Å². The summed E-state index contributed by atoms with van der Waals surface area (Å²) in [5, 5.41) is 0. The van der Waals surface area contributed by atoms with Gasteiger partial charge >= 0.3 is 0 Å². The molecule has 3 nitrogen and oxygen atoms in total. The van der Waals surface area contributed by atoms with Crippen LogP contribution in [0.5, 0.6) is 5.75 Å². The summed E-state index contributed by atoms with van der Waals surface area (Å²) in [6, 6.07) is 7.27. The number of hydrogen-bond donors (Lipinski definition) is 0. The predicted octanol–water partition coefficient (Wildman–Crippen LogP) is 2.57. The highest BCUT2D eigenvalue weighted by Gasteiger charge is 2.25. The fourth-order valence-electron chi connectivity index (χ4n) is 1.31. The zero-order chi connectivity index (χ0) is 12.3. The summed E-state index contributed by atoms with van der Waals surface area (Å²) in [5.74, 6) is 0.591. The Labute approximate surface area is 97.0 Å². The molecule has 0 aliphatic heterocycles. The van der Waals surface area contributed by atoms with Crippen LogP contribution in [0.15, 0.2) is 24.3 Å². The van der Waals surface area contributed by atoms with Crippen LogP contribution in [0.25, 0.3) is 0 Å². The third-order valence-electron chi connectivity index (χ3n) is 2.65. The molecule has 0 saturated heterocycles. The lowest BCUT2D eigenvalue weighted by atomic mass is 10.0. The third kappa shape index (κ3) is 2.54. The fraction of sp³-hybridized carbons (Fsp3) is 0.462. The minimum atomic E-state index is -0.196. The van der Waals surface area contributed by atoms with Gasteiger partial charge < -0.3 is 9.64 Å². The van der Waals surface area contributed by atoms with Crippen molar-refractivity contribution in [3.63, 3.8) is 0 Å². The van der Waals surface area contributed by atoms with Crippen LogP contribution in [-0.4, -0.2) is 30.5 Å². The van der Waals surface area contributed by atoms with E-state index < -0.39 is 0 Å². The Hall–Kier alpha value is -1.51. The molecule has 1 amide bonds. The maximum absolute atomic E-state index is 12.2. The fourth-order valence-corrected chi connectivity index (χ4v) is 1.31. The Bertz CT molecular complexity index is 380. The summed E-state index contributed by atoms with van der Waals surface area (Å²) in [4.78, 5) is 13.9. The first kappa shape index (κ1) is 12.6. The number of nitrogens with zero attached hydrogens (tertiary/aromatic N) is 1. The molecule has 0 fully saturated rings. The zero-order valence-corrected chi connectivity index (χ0v) is 10.6. The average Bonchev–Trinajstić information content (AvgIpc) is 2.25. The Morgan fingerprint density at radius 3 is 2.31 bits per heavy atom. The summed E-state index contributed by atoms with van der Waals surface area (Å²) < 4.78 is 5.18. The molecule has 1 aromatic carbocycles. The Morgan fingerprint density at radius 2 is 1.81 bits per heavy atom. The van der Waals surface area contributed by atoms with Gasteiger partial charge in [0.2, 0.25) is 0 Å². The monoisotopic (exact) mass is 221 g/mol. The van der Waals surface area contributed by atoms with E-state index in [1.807, 2.05) is 32.9 Å². The molecule has 3 heteroatoms. The molecule has 0 aromatic heterocycles. The van der Waals surface area contributed by atoms with Crippen LogP contribution in [0, 0.1) is 0 Å². The third-order valence-corrected chi connectivity index (χ3v) is 2.65. The zero-order valence-electron chi connectivity index (χ0n) is 10.6. The van der Waals surface area contributed by atoms with Crippen LogP contribution in [0.1, 0.15) is 31.1 Å². The minimum Gasteiger partial charge on any atom is -0.496 e. The second-order valence-corrected chi connectivity index (χ2v) is 4.74. The lowest BCUT2D eigenvalue weighted by Crippen LogP contribution is -2.42. The number of rotatable bonds is 2. The highest BCUT2D eigenvalue weighted by Crippen LogP contribution is 2.22. The normalized spacial score (nSPS) is 11.1. The van der Waals surface area contributed by atoms with Crippen molar-refractivity contribution in [2.45, 2.75) is 26.3 Å². The molecule has 0 heterocycles. The molecular weight excluding hydrogens is 202 g/mol. The number of benzene rings is 1. The lowest BCUT2D eigenvalue weighted by Gasteiger charge is -2.32. The van der Waals surface area contributed by atoms with Crippen molar-refractivity contribution < 1.29 is 9.53 Å². The van der Waals surface area contributed by atoms with Crippen LogP contribution in [0.3, 0.4) is 0 Å². The van der Waals surface area contributed by atoms with Gasteiger partial charge in [-0.3, -0.25) is 4.79 Å². The number of amides is 1. The van der Waals surface area contributed by atoms with Gasteiger partial charge in [-0.05, 0) is 32.9 Å². The number of para-hydroxylation sites is 1. The van der Waals surface area contributed by atoms with Crippen LogP contribution in [-0.2, 0) is 0 Å². The molecule has 1 rings (SSSR count). The molecule has 0 saturated carbocycles. The van der Waals surface area contributed by atoms with E-state index in [0.29, 0.717) is 11.3 Å². The molecular formula is C13H19NO2. The Balaban J connectivity index is 3.05. The molecule has 16 heavy (non-hydrogen) atoms. The van der Waals surface area contributed by atoms with Crippen molar-refractivity contribution in [2.75, 3.05) is 14.2 Å². The first-order valence-electron chi connectivity index (χ1n) is 5.29. The maximum atomic E-state index is 12.2. The van der Waals surface area contributed by atoms with Gasteiger partial charge in [-0.1, -0.05) is 12.1 Å². The standard InChI is InChI=1S/C13H19NO2/c1-13(2,3)14(4)12(15)10-8-6-7-9-11(10)16-5/h6-9H,1-5H3. The van der Waals surface area contributed by atoms with Gasteiger partial charge in [0.25, 0.3) is 5.91 Å². The quantitative estimate of drug-likeness (QED) is 0.768. The second kappa shape index (κ2) is 4.56. The Kier molecular flexibility index (Phi) is 3.58. The van der Waals surface area contributed by atoms with E-state index in [9.17, 15) is 4.79 Å². The summed E-state index contributed by atoms with van der Waals surface area (Å²) >= 11 is 0. The van der Waals surface area contributed by atoms with Crippen molar-refractivity contribution in [3.05, 3.63) is 29.8 Å². The smallest absolute Gasteiger partial charge is 0.257 e. The lowest BCUT2D eigenvalue weighted by molar-refractivity contribution is 0.0652. The number of methoxy groups -OCH3 is 1. The number of hydrogen-bond acceptors (Lipinski definition) is 2. The van der Waals surface area contributed by atoms with Gasteiger partial charge in [0.05, 0.1) is 12.7 Å².